The van der Waals surface area contributed by atoms with Crippen molar-refractivity contribution in [2.24, 2.45) is 0 Å². The molecule has 0 aliphatic heterocycles. The van der Waals surface area contributed by atoms with E-state index in [2.05, 4.69) is 0 Å². The molecule has 1 N–H and O–H groups in total. The summed E-state index contributed by atoms with van der Waals surface area (Å²) in [5.41, 5.74) is 0.793. The van der Waals surface area contributed by atoms with Crippen LogP contribution in [0, 0.1) is 0 Å². The number of hydrogen-bond acceptors (Lipinski definition) is 4. The number of hydrogen-bond donors (Lipinski definition) is 1. The third-order valence-electron chi connectivity index (χ3n) is 2.74. The zero-order chi connectivity index (χ0) is 15.3. The van der Waals surface area contributed by atoms with Crippen molar-refractivity contribution in [3.8, 4) is 0 Å². The first-order valence-electron chi connectivity index (χ1n) is 5.98. The Bertz CT molecular complexity index is 590. The van der Waals surface area contributed by atoms with E-state index in [1.165, 1.54) is 26.2 Å². The molecule has 0 spiro atoms. The van der Waals surface area contributed by atoms with Gasteiger partial charge in [0.1, 0.15) is 12.2 Å². The normalized spacial score (nSPS) is 11.6. The summed E-state index contributed by atoms with van der Waals surface area (Å²) in [5.74, 6) is -1.48. The first-order chi connectivity index (χ1) is 9.23. The zero-order valence-electron chi connectivity index (χ0n) is 11.4. The minimum atomic E-state index is -3.45. The van der Waals surface area contributed by atoms with Crippen molar-refractivity contribution in [2.75, 3.05) is 14.1 Å². The van der Waals surface area contributed by atoms with E-state index in [-0.39, 0.29) is 17.1 Å². The first-order valence-corrected chi connectivity index (χ1v) is 7.42. The topological polar surface area (TPSA) is 91.8 Å². The maximum absolute atomic E-state index is 11.8. The van der Waals surface area contributed by atoms with Gasteiger partial charge in [0.2, 0.25) is 10.0 Å². The highest BCUT2D eigenvalue weighted by molar-refractivity contribution is 7.89. The predicted octanol–water partition coefficient (Wildman–Crippen LogP) is 0.913. The summed E-state index contributed by atoms with van der Waals surface area (Å²) in [7, 11) is -0.548. The molecule has 20 heavy (non-hydrogen) atoms. The predicted molar refractivity (Wildman–Crippen MR) is 72.9 cm³/mol. The van der Waals surface area contributed by atoms with Crippen molar-refractivity contribution in [3.63, 3.8) is 0 Å². The van der Waals surface area contributed by atoms with E-state index >= 15 is 0 Å². The summed E-state index contributed by atoms with van der Waals surface area (Å²) in [6.07, 6.45) is 0.0492. The van der Waals surface area contributed by atoms with Crippen molar-refractivity contribution in [1.82, 2.24) is 4.31 Å². The van der Waals surface area contributed by atoms with Crippen LogP contribution in [-0.2, 0) is 26.0 Å². The van der Waals surface area contributed by atoms with Gasteiger partial charge in [0.15, 0.2) is 0 Å². The van der Waals surface area contributed by atoms with E-state index in [0.29, 0.717) is 6.42 Å². The van der Waals surface area contributed by atoms with E-state index < -0.39 is 22.4 Å². The minimum absolute atomic E-state index is 0.131. The van der Waals surface area contributed by atoms with Gasteiger partial charge in [0.05, 0.1) is 4.90 Å². The third-order valence-corrected chi connectivity index (χ3v) is 4.57. The Kier molecular flexibility index (Phi) is 5.41. The molecule has 0 bridgehead atoms. The minimum Gasteiger partial charge on any atom is -0.481 e. The quantitative estimate of drug-likeness (QED) is 0.756. The van der Waals surface area contributed by atoms with Crippen LogP contribution in [0.4, 0.5) is 0 Å². The highest BCUT2D eigenvalue weighted by Crippen LogP contribution is 2.15. The number of rotatable bonds is 7. The second-order valence-corrected chi connectivity index (χ2v) is 6.69. The number of carboxylic acid groups (broad SMARTS) is 1. The van der Waals surface area contributed by atoms with Crippen molar-refractivity contribution in [3.05, 3.63) is 29.8 Å². The fourth-order valence-corrected chi connectivity index (χ4v) is 2.48. The van der Waals surface area contributed by atoms with Gasteiger partial charge in [0, 0.05) is 20.5 Å². The lowest BCUT2D eigenvalue weighted by atomic mass is 10.1. The van der Waals surface area contributed by atoms with Crippen molar-refractivity contribution in [2.45, 2.75) is 24.2 Å². The fraction of sp³-hybridized carbons (Fsp3) is 0.385. The standard InChI is InChI=1S/C13H17NO5S/c1-14(2)20(18,19)12-7-4-10(5-8-12)3-6-11(15)9-13(16)17/h4-5,7-8H,3,6,9H2,1-2H3,(H,16,17). The van der Waals surface area contributed by atoms with E-state index in [1.54, 1.807) is 12.1 Å². The molecular weight excluding hydrogens is 282 g/mol. The summed E-state index contributed by atoms with van der Waals surface area (Å²) < 4.78 is 24.8. The molecule has 7 heteroatoms. The molecule has 0 heterocycles. The van der Waals surface area contributed by atoms with E-state index in [4.69, 9.17) is 5.11 Å². The van der Waals surface area contributed by atoms with Gasteiger partial charge in [0.25, 0.3) is 0 Å². The second kappa shape index (κ2) is 6.62. The number of ketones is 1. The van der Waals surface area contributed by atoms with Crippen LogP contribution < -0.4 is 0 Å². The van der Waals surface area contributed by atoms with Gasteiger partial charge in [-0.15, -0.1) is 0 Å². The molecule has 1 rings (SSSR count). The van der Waals surface area contributed by atoms with Crippen LogP contribution in [0.2, 0.25) is 0 Å². The number of carbonyl (C=O) groups excluding carboxylic acids is 1. The number of carboxylic acids is 1. The molecule has 0 aliphatic carbocycles. The van der Waals surface area contributed by atoms with Crippen LogP contribution in [0.15, 0.2) is 29.2 Å². The number of sulfonamides is 1. The van der Waals surface area contributed by atoms with E-state index in [9.17, 15) is 18.0 Å². The summed E-state index contributed by atoms with van der Waals surface area (Å²) in [5, 5.41) is 8.47. The van der Waals surface area contributed by atoms with Gasteiger partial charge in [-0.2, -0.15) is 0 Å². The second-order valence-electron chi connectivity index (χ2n) is 4.54. The zero-order valence-corrected chi connectivity index (χ0v) is 12.2. The van der Waals surface area contributed by atoms with E-state index in [1.807, 2.05) is 0 Å². The number of aryl methyl sites for hydroxylation is 1. The molecule has 0 aliphatic rings. The summed E-state index contributed by atoms with van der Waals surface area (Å²) in [6.45, 7) is 0. The molecule has 0 unspecified atom stereocenters. The van der Waals surface area contributed by atoms with Crippen LogP contribution in [0.1, 0.15) is 18.4 Å². The Hall–Kier alpha value is -1.73. The number of nitrogens with zero attached hydrogens (tertiary/aromatic N) is 1. The molecule has 0 fully saturated rings. The Morgan fingerprint density at radius 2 is 1.70 bits per heavy atom. The average Bonchev–Trinajstić information content (AvgIpc) is 2.36. The van der Waals surface area contributed by atoms with Crippen LogP contribution >= 0.6 is 0 Å². The van der Waals surface area contributed by atoms with Crippen LogP contribution in [-0.4, -0.2) is 43.7 Å². The Labute approximate surface area is 118 Å². The van der Waals surface area contributed by atoms with E-state index in [0.717, 1.165) is 9.87 Å². The molecule has 0 radical (unpaired) electrons. The van der Waals surface area contributed by atoms with Crippen molar-refractivity contribution in [1.29, 1.82) is 0 Å². The van der Waals surface area contributed by atoms with Gasteiger partial charge in [-0.3, -0.25) is 9.59 Å². The Morgan fingerprint density at radius 3 is 2.15 bits per heavy atom. The van der Waals surface area contributed by atoms with Gasteiger partial charge >= 0.3 is 5.97 Å². The molecule has 0 amide bonds. The molecule has 0 aromatic heterocycles. The average molecular weight is 299 g/mol. The first kappa shape index (κ1) is 16.3. The maximum Gasteiger partial charge on any atom is 0.310 e. The van der Waals surface area contributed by atoms with Crippen molar-refractivity contribution < 1.29 is 23.1 Å². The molecule has 6 nitrogen and oxygen atoms in total. The van der Waals surface area contributed by atoms with Gasteiger partial charge < -0.3 is 5.11 Å². The number of benzene rings is 1. The lowest BCUT2D eigenvalue weighted by Gasteiger charge is -2.11. The van der Waals surface area contributed by atoms with Crippen molar-refractivity contribution >= 4 is 21.8 Å². The maximum atomic E-state index is 11.8. The lowest BCUT2D eigenvalue weighted by molar-refractivity contribution is -0.140. The Morgan fingerprint density at radius 1 is 1.15 bits per heavy atom. The van der Waals surface area contributed by atoms with Crippen LogP contribution in [0.3, 0.4) is 0 Å². The lowest BCUT2D eigenvalue weighted by Crippen LogP contribution is -2.22. The highest BCUT2D eigenvalue weighted by atomic mass is 32.2. The number of aliphatic carboxylic acids is 1. The summed E-state index contributed by atoms with van der Waals surface area (Å²) >= 11 is 0. The molecule has 0 atom stereocenters. The Balaban J connectivity index is 2.69. The molecule has 1 aromatic carbocycles. The number of carbonyl (C=O) groups is 2. The molecule has 110 valence electrons. The van der Waals surface area contributed by atoms with Gasteiger partial charge in [-0.1, -0.05) is 12.1 Å². The molecule has 0 saturated carbocycles. The molecule has 1 aromatic rings. The molecular formula is C13H17NO5S. The monoisotopic (exact) mass is 299 g/mol. The van der Waals surface area contributed by atoms with Crippen LogP contribution in [0.5, 0.6) is 0 Å². The largest absolute Gasteiger partial charge is 0.481 e. The SMILES string of the molecule is CN(C)S(=O)(=O)c1ccc(CCC(=O)CC(=O)O)cc1. The highest BCUT2D eigenvalue weighted by Gasteiger charge is 2.16. The van der Waals surface area contributed by atoms with Gasteiger partial charge in [-0.05, 0) is 24.1 Å². The van der Waals surface area contributed by atoms with Crippen LogP contribution in [0.25, 0.3) is 0 Å². The van der Waals surface area contributed by atoms with Gasteiger partial charge in [-0.25, -0.2) is 12.7 Å². The third kappa shape index (κ3) is 4.43. The summed E-state index contributed by atoms with van der Waals surface area (Å²) in [6, 6.07) is 6.22. The fourth-order valence-electron chi connectivity index (χ4n) is 1.58. The number of Topliss-reactive ketones (excluding diaryl/α,β-unsaturated/α-hetero) is 1. The summed E-state index contributed by atoms with van der Waals surface area (Å²) in [4.78, 5) is 21.8. The molecule has 0 saturated heterocycles. The smallest absolute Gasteiger partial charge is 0.310 e.